The molecule has 0 aliphatic carbocycles. The highest BCUT2D eigenvalue weighted by Gasteiger charge is 2.27. The summed E-state index contributed by atoms with van der Waals surface area (Å²) in [5, 5.41) is 22.2. The number of carbonyl (C=O) groups is 1. The molecular formula is C18H18FN3O5. The van der Waals surface area contributed by atoms with Crippen LogP contribution < -0.4 is 4.90 Å². The highest BCUT2D eigenvalue weighted by atomic mass is 19.1. The third-order valence-electron chi connectivity index (χ3n) is 4.20. The maximum atomic E-state index is 13.3. The lowest BCUT2D eigenvalue weighted by molar-refractivity contribution is -0.394. The Bertz CT molecular complexity index is 834. The van der Waals surface area contributed by atoms with Gasteiger partial charge >= 0.3 is 0 Å². The zero-order valence-electron chi connectivity index (χ0n) is 14.8. The van der Waals surface area contributed by atoms with E-state index in [0.29, 0.717) is 18.5 Å². The van der Waals surface area contributed by atoms with Crippen LogP contribution in [0.15, 0.2) is 42.5 Å². The number of benzene rings is 2. The van der Waals surface area contributed by atoms with Crippen molar-refractivity contribution in [3.63, 3.8) is 0 Å². The highest BCUT2D eigenvalue weighted by molar-refractivity contribution is 6.07. The summed E-state index contributed by atoms with van der Waals surface area (Å²) in [7, 11) is 0. The quantitative estimate of drug-likeness (QED) is 0.524. The number of nitro benzene ring substituents is 2. The van der Waals surface area contributed by atoms with Gasteiger partial charge in [-0.3, -0.25) is 25.0 Å². The van der Waals surface area contributed by atoms with Gasteiger partial charge in [0.15, 0.2) is 0 Å². The molecule has 2 aromatic rings. The van der Waals surface area contributed by atoms with Crippen molar-refractivity contribution in [2.45, 2.75) is 32.7 Å². The first-order valence-electron chi connectivity index (χ1n) is 8.31. The van der Waals surface area contributed by atoms with E-state index in [1.54, 1.807) is 0 Å². The lowest BCUT2D eigenvalue weighted by Crippen LogP contribution is -2.40. The molecule has 0 saturated carbocycles. The van der Waals surface area contributed by atoms with Crippen LogP contribution in [0.5, 0.6) is 0 Å². The first kappa shape index (κ1) is 20.0. The second-order valence-corrected chi connectivity index (χ2v) is 5.87. The van der Waals surface area contributed by atoms with Crippen molar-refractivity contribution in [2.24, 2.45) is 0 Å². The summed E-state index contributed by atoms with van der Waals surface area (Å²) in [5.74, 6) is -1.09. The number of nitrogens with zero attached hydrogens (tertiary/aromatic N) is 3. The molecule has 0 aliphatic rings. The third-order valence-corrected chi connectivity index (χ3v) is 4.20. The Morgan fingerprint density at radius 2 is 1.48 bits per heavy atom. The number of nitro groups is 2. The molecule has 2 aromatic carbocycles. The Hall–Kier alpha value is -3.36. The van der Waals surface area contributed by atoms with Crippen LogP contribution >= 0.6 is 0 Å². The Labute approximate surface area is 154 Å². The van der Waals surface area contributed by atoms with E-state index in [1.807, 2.05) is 13.8 Å². The minimum absolute atomic E-state index is 0.174. The van der Waals surface area contributed by atoms with Crippen LogP contribution in [-0.2, 0) is 0 Å². The predicted molar refractivity (Wildman–Crippen MR) is 97.3 cm³/mol. The average molecular weight is 375 g/mol. The van der Waals surface area contributed by atoms with E-state index in [4.69, 9.17) is 0 Å². The second kappa shape index (κ2) is 8.35. The summed E-state index contributed by atoms with van der Waals surface area (Å²) in [6.07, 6.45) is 1.16. The average Bonchev–Trinajstić information content (AvgIpc) is 2.66. The van der Waals surface area contributed by atoms with E-state index >= 15 is 0 Å². The highest BCUT2D eigenvalue weighted by Crippen LogP contribution is 2.28. The Morgan fingerprint density at radius 1 is 1.00 bits per heavy atom. The molecule has 0 bridgehead atoms. The smallest absolute Gasteiger partial charge is 0.277 e. The van der Waals surface area contributed by atoms with Crippen molar-refractivity contribution < 1.29 is 19.0 Å². The molecule has 0 radical (unpaired) electrons. The Morgan fingerprint density at radius 3 is 1.89 bits per heavy atom. The first-order chi connectivity index (χ1) is 12.8. The summed E-state index contributed by atoms with van der Waals surface area (Å²) >= 11 is 0. The fourth-order valence-corrected chi connectivity index (χ4v) is 2.82. The molecule has 27 heavy (non-hydrogen) atoms. The fourth-order valence-electron chi connectivity index (χ4n) is 2.82. The number of hydrogen-bond acceptors (Lipinski definition) is 5. The van der Waals surface area contributed by atoms with E-state index in [0.717, 1.165) is 18.2 Å². The molecule has 0 saturated heterocycles. The molecule has 0 heterocycles. The van der Waals surface area contributed by atoms with E-state index in [9.17, 15) is 29.4 Å². The number of carbonyl (C=O) groups excluding carboxylic acids is 1. The number of anilines is 1. The van der Waals surface area contributed by atoms with Crippen LogP contribution in [0.3, 0.4) is 0 Å². The number of amides is 1. The molecule has 0 spiro atoms. The van der Waals surface area contributed by atoms with Crippen molar-refractivity contribution in [1.29, 1.82) is 0 Å². The van der Waals surface area contributed by atoms with E-state index in [-0.39, 0.29) is 11.6 Å². The molecular weight excluding hydrogens is 357 g/mol. The summed E-state index contributed by atoms with van der Waals surface area (Å²) in [4.78, 5) is 35.1. The molecule has 142 valence electrons. The van der Waals surface area contributed by atoms with Crippen molar-refractivity contribution in [2.75, 3.05) is 4.90 Å². The van der Waals surface area contributed by atoms with Gasteiger partial charge in [0.1, 0.15) is 5.82 Å². The van der Waals surface area contributed by atoms with Crippen LogP contribution in [0.25, 0.3) is 0 Å². The van der Waals surface area contributed by atoms with Gasteiger partial charge in [-0.2, -0.15) is 0 Å². The van der Waals surface area contributed by atoms with Gasteiger partial charge in [0.25, 0.3) is 17.3 Å². The van der Waals surface area contributed by atoms with Gasteiger partial charge in [0, 0.05) is 23.9 Å². The minimum Gasteiger partial charge on any atom is -0.305 e. The fraction of sp³-hybridized carbons (Fsp3) is 0.278. The normalized spacial score (nSPS) is 10.7. The van der Waals surface area contributed by atoms with Gasteiger partial charge in [0.2, 0.25) is 0 Å². The minimum atomic E-state index is -0.789. The lowest BCUT2D eigenvalue weighted by atomic mass is 10.1. The van der Waals surface area contributed by atoms with E-state index < -0.39 is 32.9 Å². The van der Waals surface area contributed by atoms with Gasteiger partial charge in [-0.05, 0) is 37.1 Å². The number of rotatable bonds is 7. The molecule has 0 unspecified atom stereocenters. The Balaban J connectivity index is 2.59. The molecule has 0 N–H and O–H groups in total. The SMILES string of the molecule is CCC(CC)N(C(=O)c1cc([N+](=O)[O-])cc([N+](=O)[O-])c1)c1ccc(F)cc1. The van der Waals surface area contributed by atoms with E-state index in [1.165, 1.54) is 29.2 Å². The molecule has 0 atom stereocenters. The summed E-state index contributed by atoms with van der Waals surface area (Å²) < 4.78 is 13.3. The zero-order chi connectivity index (χ0) is 20.1. The number of halogens is 1. The molecule has 2 rings (SSSR count). The van der Waals surface area contributed by atoms with Crippen molar-refractivity contribution >= 4 is 23.0 Å². The van der Waals surface area contributed by atoms with Gasteiger partial charge in [-0.25, -0.2) is 4.39 Å². The van der Waals surface area contributed by atoms with Crippen molar-refractivity contribution in [3.05, 3.63) is 74.1 Å². The molecule has 0 aromatic heterocycles. The zero-order valence-corrected chi connectivity index (χ0v) is 14.8. The van der Waals surface area contributed by atoms with Crippen LogP contribution in [0.4, 0.5) is 21.5 Å². The molecule has 1 amide bonds. The topological polar surface area (TPSA) is 107 Å². The maximum absolute atomic E-state index is 13.3. The van der Waals surface area contributed by atoms with Crippen LogP contribution in [0, 0.1) is 26.0 Å². The molecule has 0 aliphatic heterocycles. The van der Waals surface area contributed by atoms with Crippen LogP contribution in [0.2, 0.25) is 0 Å². The summed E-state index contributed by atoms with van der Waals surface area (Å²) in [5.41, 5.74) is -0.858. The van der Waals surface area contributed by atoms with Crippen LogP contribution in [0.1, 0.15) is 37.0 Å². The number of hydrogen-bond donors (Lipinski definition) is 0. The summed E-state index contributed by atoms with van der Waals surface area (Å²) in [6.45, 7) is 3.74. The van der Waals surface area contributed by atoms with Crippen molar-refractivity contribution in [3.8, 4) is 0 Å². The van der Waals surface area contributed by atoms with Gasteiger partial charge in [-0.15, -0.1) is 0 Å². The van der Waals surface area contributed by atoms with E-state index in [2.05, 4.69) is 0 Å². The van der Waals surface area contributed by atoms with Crippen LogP contribution in [-0.4, -0.2) is 21.8 Å². The number of non-ortho nitro benzene ring substituents is 2. The van der Waals surface area contributed by atoms with Gasteiger partial charge < -0.3 is 4.90 Å². The predicted octanol–water partition coefficient (Wildman–Crippen LogP) is 4.48. The first-order valence-corrected chi connectivity index (χ1v) is 8.31. The maximum Gasteiger partial charge on any atom is 0.277 e. The lowest BCUT2D eigenvalue weighted by Gasteiger charge is -2.30. The van der Waals surface area contributed by atoms with Gasteiger partial charge in [-0.1, -0.05) is 13.8 Å². The molecule has 9 heteroatoms. The summed E-state index contributed by atoms with van der Waals surface area (Å²) in [6, 6.07) is 7.82. The molecule has 0 fully saturated rings. The van der Waals surface area contributed by atoms with Crippen molar-refractivity contribution in [1.82, 2.24) is 0 Å². The van der Waals surface area contributed by atoms with Gasteiger partial charge in [0.05, 0.1) is 21.5 Å². The largest absolute Gasteiger partial charge is 0.305 e. The molecule has 8 nitrogen and oxygen atoms in total. The monoisotopic (exact) mass is 375 g/mol. The third kappa shape index (κ3) is 4.43. The standard InChI is InChI=1S/C18H18FN3O5/c1-3-14(4-2)20(15-7-5-13(19)6-8-15)18(23)12-9-16(21(24)25)11-17(10-12)22(26)27/h5-11,14H,3-4H2,1-2H3. The second-order valence-electron chi connectivity index (χ2n) is 5.87. The Kier molecular flexibility index (Phi) is 6.17.